The molecule has 2 N–H and O–H groups in total. The number of hydrogen-bond donors (Lipinski definition) is 2. The first-order chi connectivity index (χ1) is 36.0. The van der Waals surface area contributed by atoms with Crippen LogP contribution in [0.25, 0.3) is 0 Å². The number of benzene rings is 5. The van der Waals surface area contributed by atoms with Crippen LogP contribution in [0.3, 0.4) is 0 Å². The van der Waals surface area contributed by atoms with Crippen molar-refractivity contribution in [3.05, 3.63) is 144 Å². The highest BCUT2D eigenvalue weighted by atomic mass is 16.6. The molecule has 0 radical (unpaired) electrons. The molecule has 12 bridgehead atoms. The van der Waals surface area contributed by atoms with Crippen molar-refractivity contribution in [2.75, 3.05) is 52.9 Å². The van der Waals surface area contributed by atoms with Gasteiger partial charge in [-0.15, -0.1) is 0 Å². The number of unbranched alkanes of at least 4 members (excludes halogenated alkanes) is 1. The Morgan fingerprint density at radius 2 is 0.649 bits per heavy atom. The monoisotopic (exact) mass is 1050 g/mol. The van der Waals surface area contributed by atoms with Crippen molar-refractivity contribution in [3.63, 3.8) is 0 Å². The van der Waals surface area contributed by atoms with Crippen LogP contribution in [0.2, 0.25) is 0 Å². The number of phenols is 2. The zero-order valence-electron chi connectivity index (χ0n) is 49.8. The number of ether oxygens (including phenoxy) is 6. The van der Waals surface area contributed by atoms with Crippen molar-refractivity contribution in [1.29, 1.82) is 0 Å². The van der Waals surface area contributed by atoms with Crippen LogP contribution in [0.5, 0.6) is 28.7 Å². The van der Waals surface area contributed by atoms with E-state index in [1.54, 1.807) is 0 Å². The summed E-state index contributed by atoms with van der Waals surface area (Å²) < 4.78 is 39.0. The normalized spacial score (nSPS) is 15.7. The third-order valence-corrected chi connectivity index (χ3v) is 15.1. The quantitative estimate of drug-likeness (QED) is 0.132. The first kappa shape index (κ1) is 59.3. The molecule has 1 aliphatic heterocycles. The number of carbonyl (C=O) groups excluding carboxylic acids is 1. The number of phenolic OH excluding ortho intramolecular Hbond substituents is 2. The molecule has 0 aromatic heterocycles. The van der Waals surface area contributed by atoms with Crippen molar-refractivity contribution in [1.82, 2.24) is 0 Å². The van der Waals surface area contributed by atoms with E-state index in [9.17, 15) is 15.0 Å². The molecule has 7 rings (SSSR count). The summed E-state index contributed by atoms with van der Waals surface area (Å²) in [6.45, 7) is 38.1. The molecule has 1 aliphatic carbocycles. The molecule has 77 heavy (non-hydrogen) atoms. The maximum absolute atomic E-state index is 14.3. The Labute approximate surface area is 462 Å². The second-order valence-electron chi connectivity index (χ2n) is 26.9. The number of hydrogen-bond acceptors (Lipinski definition) is 9. The van der Waals surface area contributed by atoms with E-state index in [-0.39, 0.29) is 64.2 Å². The molecule has 418 valence electrons. The third-order valence-electron chi connectivity index (χ3n) is 15.1. The summed E-state index contributed by atoms with van der Waals surface area (Å²) in [5.74, 6) is 2.07. The lowest BCUT2D eigenvalue weighted by molar-refractivity contribution is -0.134. The highest BCUT2D eigenvalue weighted by molar-refractivity contribution is 5.74. The van der Waals surface area contributed by atoms with E-state index < -0.39 is 0 Å². The van der Waals surface area contributed by atoms with Gasteiger partial charge in [-0.2, -0.15) is 0 Å². The first-order valence-electron chi connectivity index (χ1n) is 28.4. The minimum atomic E-state index is -0.290. The lowest BCUT2D eigenvalue weighted by atomic mass is 9.79. The second kappa shape index (κ2) is 23.9. The molecule has 5 aromatic rings. The standard InChI is InChI=1S/C68H92O9/c1-17-18-19-58(69)77-63-51-31-49-39-55(66(8,9)10)37-47-29-45-35-53(64(2,3)4)33-43(59(45)70)28-44-34-54(65(5,6)7)36-46(60(44)71)30-48-38-56(67(11,12)13)40-50(32-52(63)42-57(41-51)68(14,15)16)62(48)76-27-25-74-23-21-72-20-22-73-24-26-75-61(47)49/h33-42,70-71H,17-32H2,1-16H3. The van der Waals surface area contributed by atoms with Crippen LogP contribution in [0, 0.1) is 0 Å². The Hall–Kier alpha value is -5.35. The third kappa shape index (κ3) is 15.1. The van der Waals surface area contributed by atoms with Gasteiger partial charge in [-0.3, -0.25) is 4.79 Å². The van der Waals surface area contributed by atoms with Crippen LogP contribution >= 0.6 is 0 Å². The SMILES string of the molecule is CCCCC(=O)Oc1c2cc(C(C)(C)C)cc1Cc1cc(C(C)(C)C)cc3c1OCCOCCOCCOCCOc1c(cc(C(C)(C)C)cc1C2)Cc1cc(C(C)(C)C)cc(c1O)Cc1cc(C(C)(C)C)cc(c1O)C3. The van der Waals surface area contributed by atoms with Crippen molar-refractivity contribution >= 4 is 5.97 Å². The van der Waals surface area contributed by atoms with Crippen LogP contribution in [0.15, 0.2) is 60.7 Å². The molecule has 0 unspecified atom stereocenters. The number of carbonyl (C=O) groups is 1. The maximum atomic E-state index is 14.3. The van der Waals surface area contributed by atoms with Gasteiger partial charge in [0.1, 0.15) is 42.0 Å². The molecule has 0 amide bonds. The van der Waals surface area contributed by atoms with Gasteiger partial charge < -0.3 is 38.6 Å². The summed E-state index contributed by atoms with van der Waals surface area (Å²) in [6, 6.07) is 22.0. The Bertz CT molecular complexity index is 2710. The summed E-state index contributed by atoms with van der Waals surface area (Å²) in [7, 11) is 0. The van der Waals surface area contributed by atoms with E-state index in [0.717, 1.165) is 89.9 Å². The lowest BCUT2D eigenvalue weighted by Crippen LogP contribution is -2.19. The van der Waals surface area contributed by atoms with Crippen LogP contribution in [-0.2, 0) is 78.2 Å². The van der Waals surface area contributed by atoms with E-state index in [2.05, 4.69) is 171 Å². The summed E-state index contributed by atoms with van der Waals surface area (Å²) in [5.41, 5.74) is 12.6. The zero-order chi connectivity index (χ0) is 56.3. The number of aromatic hydroxyl groups is 2. The van der Waals surface area contributed by atoms with E-state index in [4.69, 9.17) is 28.4 Å². The molecule has 2 aliphatic rings. The van der Waals surface area contributed by atoms with Crippen LogP contribution in [0.1, 0.15) is 213 Å². The van der Waals surface area contributed by atoms with Crippen molar-refractivity contribution in [3.8, 4) is 28.7 Å². The summed E-state index contributed by atoms with van der Waals surface area (Å²) >= 11 is 0. The fourth-order valence-corrected chi connectivity index (χ4v) is 10.2. The Morgan fingerprint density at radius 1 is 0.403 bits per heavy atom. The molecular formula is C68H92O9. The molecular weight excluding hydrogens is 961 g/mol. The summed E-state index contributed by atoms with van der Waals surface area (Å²) in [6.07, 6.45) is 3.68. The van der Waals surface area contributed by atoms with Crippen LogP contribution in [0.4, 0.5) is 0 Å². The Kier molecular flexibility index (Phi) is 18.4. The average molecular weight is 1050 g/mol. The van der Waals surface area contributed by atoms with Gasteiger partial charge in [-0.1, -0.05) is 178 Å². The van der Waals surface area contributed by atoms with Gasteiger partial charge >= 0.3 is 5.97 Å². The number of fused-ring (bicyclic) bond motifs is 4. The van der Waals surface area contributed by atoms with E-state index in [1.807, 2.05) is 0 Å². The first-order valence-corrected chi connectivity index (χ1v) is 28.4. The van der Waals surface area contributed by atoms with Gasteiger partial charge in [0.2, 0.25) is 0 Å². The maximum Gasteiger partial charge on any atom is 0.311 e. The topological polar surface area (TPSA) is 113 Å². The van der Waals surface area contributed by atoms with Gasteiger partial charge in [0.05, 0.1) is 39.6 Å². The van der Waals surface area contributed by atoms with Gasteiger partial charge in [-0.25, -0.2) is 0 Å². The lowest BCUT2D eigenvalue weighted by Gasteiger charge is -2.28. The molecule has 1 heterocycles. The zero-order valence-corrected chi connectivity index (χ0v) is 49.8. The van der Waals surface area contributed by atoms with Gasteiger partial charge in [0.25, 0.3) is 0 Å². The molecule has 0 atom stereocenters. The molecule has 0 saturated heterocycles. The molecule has 9 nitrogen and oxygen atoms in total. The molecule has 9 heteroatoms. The van der Waals surface area contributed by atoms with Gasteiger partial charge in [-0.05, 0) is 106 Å². The van der Waals surface area contributed by atoms with Crippen molar-refractivity contribution in [2.45, 2.75) is 189 Å². The predicted octanol–water partition coefficient (Wildman–Crippen LogP) is 14.8. The molecule has 0 fully saturated rings. The van der Waals surface area contributed by atoms with Gasteiger partial charge in [0.15, 0.2) is 0 Å². The average Bonchev–Trinajstić information content (AvgIpc) is 3.32. The fraction of sp³-hybridized carbons (Fsp3) is 0.544. The summed E-state index contributed by atoms with van der Waals surface area (Å²) in [4.78, 5) is 14.3. The largest absolute Gasteiger partial charge is 0.507 e. The van der Waals surface area contributed by atoms with Crippen molar-refractivity contribution in [2.24, 2.45) is 0 Å². The van der Waals surface area contributed by atoms with E-state index in [0.29, 0.717) is 95.4 Å². The van der Waals surface area contributed by atoms with E-state index >= 15 is 0 Å². The fourth-order valence-electron chi connectivity index (χ4n) is 10.2. The number of rotatable bonds is 4. The highest BCUT2D eigenvalue weighted by Gasteiger charge is 2.30. The van der Waals surface area contributed by atoms with Gasteiger partial charge in [0, 0.05) is 49.7 Å². The second-order valence-corrected chi connectivity index (χ2v) is 26.9. The minimum Gasteiger partial charge on any atom is -0.507 e. The van der Waals surface area contributed by atoms with E-state index in [1.165, 1.54) is 0 Å². The Balaban J connectivity index is 1.67. The van der Waals surface area contributed by atoms with Crippen molar-refractivity contribution < 1.29 is 43.4 Å². The van der Waals surface area contributed by atoms with Crippen LogP contribution in [-0.4, -0.2) is 69.0 Å². The molecule has 0 saturated carbocycles. The predicted molar refractivity (Wildman–Crippen MR) is 312 cm³/mol. The van der Waals surface area contributed by atoms with Crippen LogP contribution < -0.4 is 14.2 Å². The number of esters is 1. The Morgan fingerprint density at radius 3 is 0.935 bits per heavy atom. The molecule has 5 aromatic carbocycles. The smallest absolute Gasteiger partial charge is 0.311 e. The summed E-state index contributed by atoms with van der Waals surface area (Å²) in [5, 5.41) is 25.6. The molecule has 0 spiro atoms. The minimum absolute atomic E-state index is 0.192. The highest BCUT2D eigenvalue weighted by Crippen LogP contribution is 2.45.